The van der Waals surface area contributed by atoms with Crippen LogP contribution in [-0.4, -0.2) is 35.0 Å². The van der Waals surface area contributed by atoms with Gasteiger partial charge in [-0.05, 0) is 58.8 Å². The molecule has 0 unspecified atom stereocenters. The first-order valence-electron chi connectivity index (χ1n) is 6.73. The van der Waals surface area contributed by atoms with Crippen molar-refractivity contribution >= 4 is 11.9 Å². The van der Waals surface area contributed by atoms with Gasteiger partial charge in [-0.25, -0.2) is 4.79 Å². The fraction of sp³-hybridized carbons (Fsp3) is 0.857. The molecule has 1 spiro atoms. The molecule has 102 valence electrons. The van der Waals surface area contributed by atoms with Crippen LogP contribution < -0.4 is 0 Å². The largest absolute Gasteiger partial charge is 0.444 e. The van der Waals surface area contributed by atoms with Crippen LogP contribution >= 0.6 is 0 Å². The molecular formula is C14H23NO3. The first kappa shape index (κ1) is 13.4. The van der Waals surface area contributed by atoms with E-state index in [1.165, 1.54) is 12.8 Å². The molecule has 0 aromatic heterocycles. The van der Waals surface area contributed by atoms with Crippen LogP contribution in [0.15, 0.2) is 0 Å². The number of rotatable bonds is 1. The number of Topliss-reactive ketones (excluding diaryl/α,β-unsaturated/α-hetero) is 1. The topological polar surface area (TPSA) is 46.6 Å². The van der Waals surface area contributed by atoms with E-state index in [0.717, 1.165) is 12.8 Å². The van der Waals surface area contributed by atoms with Gasteiger partial charge in [-0.15, -0.1) is 0 Å². The molecule has 18 heavy (non-hydrogen) atoms. The normalized spacial score (nSPS) is 26.0. The van der Waals surface area contributed by atoms with Gasteiger partial charge in [-0.3, -0.25) is 9.69 Å². The molecule has 1 atom stereocenters. The Labute approximate surface area is 109 Å². The number of ether oxygens (including phenoxy) is 1. The van der Waals surface area contributed by atoms with Crippen molar-refractivity contribution in [1.82, 2.24) is 4.90 Å². The molecule has 0 N–H and O–H groups in total. The molecule has 2 fully saturated rings. The highest BCUT2D eigenvalue weighted by molar-refractivity contribution is 5.85. The summed E-state index contributed by atoms with van der Waals surface area (Å²) in [5.41, 5.74) is -0.151. The second-order valence-corrected chi connectivity index (χ2v) is 6.75. The Balaban J connectivity index is 2.06. The Morgan fingerprint density at radius 3 is 2.28 bits per heavy atom. The lowest BCUT2D eigenvalue weighted by Crippen LogP contribution is -2.51. The number of likely N-dealkylation sites (tertiary alicyclic amines) is 1. The van der Waals surface area contributed by atoms with Crippen LogP contribution in [0.1, 0.15) is 53.4 Å². The SMILES string of the molecule is CC(=O)[C@H]1CC2(CCN1C(=O)OC(C)(C)C)CC2. The van der Waals surface area contributed by atoms with E-state index < -0.39 is 5.60 Å². The predicted octanol–water partition coefficient (Wildman–Crippen LogP) is 2.76. The Morgan fingerprint density at radius 2 is 1.83 bits per heavy atom. The summed E-state index contributed by atoms with van der Waals surface area (Å²) in [4.78, 5) is 25.5. The quantitative estimate of drug-likeness (QED) is 0.722. The Kier molecular flexibility index (Phi) is 3.16. The summed E-state index contributed by atoms with van der Waals surface area (Å²) in [6, 6.07) is -0.281. The van der Waals surface area contributed by atoms with Gasteiger partial charge in [0.05, 0.1) is 6.04 Å². The van der Waals surface area contributed by atoms with Crippen molar-refractivity contribution in [1.29, 1.82) is 0 Å². The minimum atomic E-state index is -0.507. The number of amides is 1. The van der Waals surface area contributed by atoms with E-state index in [2.05, 4.69) is 0 Å². The third-order valence-electron chi connectivity index (χ3n) is 3.94. The summed E-state index contributed by atoms with van der Waals surface area (Å²) < 4.78 is 5.38. The number of piperidine rings is 1. The highest BCUT2D eigenvalue weighted by Crippen LogP contribution is 2.55. The summed E-state index contributed by atoms with van der Waals surface area (Å²) in [5.74, 6) is 0.0758. The van der Waals surface area contributed by atoms with E-state index in [1.54, 1.807) is 11.8 Å². The van der Waals surface area contributed by atoms with E-state index in [-0.39, 0.29) is 17.9 Å². The first-order valence-corrected chi connectivity index (χ1v) is 6.73. The molecule has 4 heteroatoms. The molecular weight excluding hydrogens is 230 g/mol. The highest BCUT2D eigenvalue weighted by atomic mass is 16.6. The molecule has 0 aromatic carbocycles. The van der Waals surface area contributed by atoms with Crippen molar-refractivity contribution in [2.45, 2.75) is 65.0 Å². The van der Waals surface area contributed by atoms with Crippen molar-refractivity contribution in [3.63, 3.8) is 0 Å². The third-order valence-corrected chi connectivity index (χ3v) is 3.94. The second-order valence-electron chi connectivity index (χ2n) is 6.75. The number of carbonyl (C=O) groups excluding carboxylic acids is 2. The van der Waals surface area contributed by atoms with Crippen LogP contribution in [0, 0.1) is 5.41 Å². The predicted molar refractivity (Wildman–Crippen MR) is 68.3 cm³/mol. The van der Waals surface area contributed by atoms with E-state index in [9.17, 15) is 9.59 Å². The zero-order valence-corrected chi connectivity index (χ0v) is 11.8. The number of hydrogen-bond donors (Lipinski definition) is 0. The fourth-order valence-electron chi connectivity index (χ4n) is 2.67. The molecule has 4 nitrogen and oxygen atoms in total. The molecule has 1 heterocycles. The third kappa shape index (κ3) is 2.85. The average molecular weight is 253 g/mol. The van der Waals surface area contributed by atoms with Gasteiger partial charge >= 0.3 is 6.09 Å². The minimum Gasteiger partial charge on any atom is -0.444 e. The Hall–Kier alpha value is -1.06. The molecule has 2 aliphatic rings. The Bertz CT molecular complexity index is 366. The van der Waals surface area contributed by atoms with Crippen LogP contribution in [0.2, 0.25) is 0 Å². The molecule has 1 saturated heterocycles. The highest BCUT2D eigenvalue weighted by Gasteiger charge is 2.50. The number of nitrogens with zero attached hydrogens (tertiary/aromatic N) is 1. The molecule has 1 aliphatic heterocycles. The summed E-state index contributed by atoms with van der Waals surface area (Å²) in [5, 5.41) is 0. The molecule has 0 bridgehead atoms. The standard InChI is InChI=1S/C14H23NO3/c1-10(16)11-9-14(5-6-14)7-8-15(11)12(17)18-13(2,3)4/h11H,5-9H2,1-4H3/t11-/m1/s1. The average Bonchev–Trinajstić information content (AvgIpc) is 2.94. The lowest BCUT2D eigenvalue weighted by molar-refractivity contribution is -0.124. The van der Waals surface area contributed by atoms with Gasteiger partial charge in [0.15, 0.2) is 5.78 Å². The number of ketones is 1. The van der Waals surface area contributed by atoms with Gasteiger partial charge < -0.3 is 4.74 Å². The lowest BCUT2D eigenvalue weighted by Gasteiger charge is -2.39. The maximum atomic E-state index is 12.1. The van der Waals surface area contributed by atoms with E-state index in [4.69, 9.17) is 4.74 Å². The van der Waals surface area contributed by atoms with Gasteiger partial charge in [-0.1, -0.05) is 0 Å². The fourth-order valence-corrected chi connectivity index (χ4v) is 2.67. The maximum Gasteiger partial charge on any atom is 0.410 e. The smallest absolute Gasteiger partial charge is 0.410 e. The number of hydrogen-bond acceptors (Lipinski definition) is 3. The lowest BCUT2D eigenvalue weighted by atomic mass is 9.86. The molecule has 0 aromatic rings. The summed E-state index contributed by atoms with van der Waals surface area (Å²) >= 11 is 0. The zero-order chi connectivity index (χ0) is 13.6. The van der Waals surface area contributed by atoms with E-state index in [0.29, 0.717) is 12.0 Å². The number of carbonyl (C=O) groups is 2. The van der Waals surface area contributed by atoms with E-state index in [1.807, 2.05) is 20.8 Å². The molecule has 2 rings (SSSR count). The molecule has 1 saturated carbocycles. The van der Waals surface area contributed by atoms with Gasteiger partial charge in [0, 0.05) is 6.54 Å². The van der Waals surface area contributed by atoms with Crippen molar-refractivity contribution in [2.24, 2.45) is 5.41 Å². The van der Waals surface area contributed by atoms with Gasteiger partial charge in [0.2, 0.25) is 0 Å². The minimum absolute atomic E-state index is 0.0758. The van der Waals surface area contributed by atoms with Crippen LogP contribution in [-0.2, 0) is 9.53 Å². The Morgan fingerprint density at radius 1 is 1.22 bits per heavy atom. The zero-order valence-electron chi connectivity index (χ0n) is 11.8. The van der Waals surface area contributed by atoms with Crippen molar-refractivity contribution in [3.05, 3.63) is 0 Å². The first-order chi connectivity index (χ1) is 8.22. The van der Waals surface area contributed by atoms with E-state index >= 15 is 0 Å². The summed E-state index contributed by atoms with van der Waals surface area (Å²) in [6.07, 6.45) is 3.90. The molecule has 1 aliphatic carbocycles. The maximum absolute atomic E-state index is 12.1. The molecule has 1 amide bonds. The van der Waals surface area contributed by atoms with Gasteiger partial charge in [0.1, 0.15) is 5.60 Å². The van der Waals surface area contributed by atoms with Crippen molar-refractivity contribution in [3.8, 4) is 0 Å². The second kappa shape index (κ2) is 4.25. The van der Waals surface area contributed by atoms with Crippen molar-refractivity contribution in [2.75, 3.05) is 6.54 Å². The van der Waals surface area contributed by atoms with Crippen LogP contribution in [0.4, 0.5) is 4.79 Å². The van der Waals surface area contributed by atoms with Crippen LogP contribution in [0.5, 0.6) is 0 Å². The van der Waals surface area contributed by atoms with Crippen molar-refractivity contribution < 1.29 is 14.3 Å². The van der Waals surface area contributed by atoms with Crippen LogP contribution in [0.3, 0.4) is 0 Å². The van der Waals surface area contributed by atoms with Crippen LogP contribution in [0.25, 0.3) is 0 Å². The summed E-state index contributed by atoms with van der Waals surface area (Å²) in [7, 11) is 0. The summed E-state index contributed by atoms with van der Waals surface area (Å²) in [6.45, 7) is 7.77. The molecule has 0 radical (unpaired) electrons. The van der Waals surface area contributed by atoms with Gasteiger partial charge in [-0.2, -0.15) is 0 Å². The monoisotopic (exact) mass is 253 g/mol. The van der Waals surface area contributed by atoms with Gasteiger partial charge in [0.25, 0.3) is 0 Å².